The molecule has 1 atom stereocenters. The highest BCUT2D eigenvalue weighted by Crippen LogP contribution is 2.39. The number of benzene rings is 2. The van der Waals surface area contributed by atoms with Crippen LogP contribution in [0.2, 0.25) is 0 Å². The number of nitrogens with zero attached hydrogens (tertiary/aromatic N) is 3. The van der Waals surface area contributed by atoms with Crippen LogP contribution in [0.4, 0.5) is 5.69 Å². The number of nitriles is 1. The van der Waals surface area contributed by atoms with E-state index in [1.54, 1.807) is 19.2 Å². The van der Waals surface area contributed by atoms with Gasteiger partial charge < -0.3 is 9.64 Å². The second-order valence-corrected chi connectivity index (χ2v) is 10.7. The number of piperidine rings is 1. The molecular formula is C25H29N3O4S. The molecule has 1 heterocycles. The topological polar surface area (TPSA) is 90.7 Å². The van der Waals surface area contributed by atoms with E-state index in [9.17, 15) is 18.5 Å². The highest BCUT2D eigenvalue weighted by Gasteiger charge is 2.39. The predicted octanol–water partition coefficient (Wildman–Crippen LogP) is 3.80. The van der Waals surface area contributed by atoms with E-state index in [4.69, 9.17) is 4.74 Å². The van der Waals surface area contributed by atoms with E-state index in [0.29, 0.717) is 18.8 Å². The van der Waals surface area contributed by atoms with Gasteiger partial charge in [-0.15, -0.1) is 0 Å². The van der Waals surface area contributed by atoms with Gasteiger partial charge in [0.25, 0.3) is 0 Å². The summed E-state index contributed by atoms with van der Waals surface area (Å²) in [4.78, 5) is 15.6. The molecule has 1 unspecified atom stereocenters. The van der Waals surface area contributed by atoms with Gasteiger partial charge in [0.15, 0.2) is 0 Å². The van der Waals surface area contributed by atoms with Crippen LogP contribution >= 0.6 is 0 Å². The van der Waals surface area contributed by atoms with E-state index in [-0.39, 0.29) is 41.4 Å². The van der Waals surface area contributed by atoms with Crippen LogP contribution in [0.5, 0.6) is 5.75 Å². The predicted molar refractivity (Wildman–Crippen MR) is 125 cm³/mol. The van der Waals surface area contributed by atoms with Gasteiger partial charge in [-0.2, -0.15) is 9.57 Å². The van der Waals surface area contributed by atoms with E-state index in [1.165, 1.54) is 16.4 Å². The van der Waals surface area contributed by atoms with Gasteiger partial charge in [-0.25, -0.2) is 8.42 Å². The van der Waals surface area contributed by atoms with Crippen molar-refractivity contribution in [3.63, 3.8) is 0 Å². The Hall–Kier alpha value is -2.89. The Balaban J connectivity index is 1.50. The molecule has 2 aromatic carbocycles. The molecule has 33 heavy (non-hydrogen) atoms. The first-order valence-electron chi connectivity index (χ1n) is 11.3. The second kappa shape index (κ2) is 9.54. The maximum Gasteiger partial charge on any atom is 0.244 e. The van der Waals surface area contributed by atoms with Crippen LogP contribution in [0, 0.1) is 23.2 Å². The molecular weight excluding hydrogens is 438 g/mol. The van der Waals surface area contributed by atoms with Crippen molar-refractivity contribution >= 4 is 21.6 Å². The summed E-state index contributed by atoms with van der Waals surface area (Å²) in [5, 5.41) is 9.31. The lowest BCUT2D eigenvalue weighted by molar-refractivity contribution is -0.124. The fourth-order valence-corrected chi connectivity index (χ4v) is 6.17. The third kappa shape index (κ3) is 4.75. The van der Waals surface area contributed by atoms with Gasteiger partial charge in [0.1, 0.15) is 11.8 Å². The van der Waals surface area contributed by atoms with Gasteiger partial charge in [0.05, 0.1) is 17.6 Å². The molecule has 1 saturated heterocycles. The first kappa shape index (κ1) is 23.3. The highest BCUT2D eigenvalue weighted by atomic mass is 32.2. The molecule has 0 bridgehead atoms. The van der Waals surface area contributed by atoms with Gasteiger partial charge in [-0.3, -0.25) is 4.79 Å². The Labute approximate surface area is 195 Å². The normalized spacial score (nSPS) is 18.3. The molecule has 0 N–H and O–H groups in total. The van der Waals surface area contributed by atoms with Crippen molar-refractivity contribution in [1.82, 2.24) is 4.31 Å². The third-order valence-corrected chi connectivity index (χ3v) is 8.68. The van der Waals surface area contributed by atoms with E-state index in [0.717, 1.165) is 24.3 Å². The Morgan fingerprint density at radius 3 is 2.30 bits per heavy atom. The molecule has 2 aromatic rings. The summed E-state index contributed by atoms with van der Waals surface area (Å²) in [7, 11) is -2.17. The summed E-state index contributed by atoms with van der Waals surface area (Å²) in [6.07, 6.45) is 3.15. The number of carbonyl (C=O) groups is 1. The van der Waals surface area contributed by atoms with Gasteiger partial charge >= 0.3 is 0 Å². The van der Waals surface area contributed by atoms with E-state index in [1.807, 2.05) is 35.2 Å². The number of rotatable bonds is 7. The minimum absolute atomic E-state index is 0.0273. The first-order valence-corrected chi connectivity index (χ1v) is 12.8. The van der Waals surface area contributed by atoms with Crippen molar-refractivity contribution in [3.05, 3.63) is 54.1 Å². The zero-order valence-corrected chi connectivity index (χ0v) is 19.8. The number of hydrogen-bond donors (Lipinski definition) is 0. The standard InChI is InChI=1S/C25H29N3O4S/c1-18(19-7-8-19)28(22-9-11-23(32-2)12-10-22)25(29)20-13-15-27(16-14-20)33(30,31)24-6-4-3-5-21(24)17-26/h3-6,9-12,18-20H,7-8,13-16H2,1-2H3. The molecule has 1 amide bonds. The summed E-state index contributed by atoms with van der Waals surface area (Å²) in [5.41, 5.74) is 0.984. The Kier molecular flexibility index (Phi) is 6.73. The van der Waals surface area contributed by atoms with Gasteiger partial charge in [-0.1, -0.05) is 12.1 Å². The summed E-state index contributed by atoms with van der Waals surface area (Å²) in [6.45, 7) is 2.61. The van der Waals surface area contributed by atoms with Gasteiger partial charge in [0.2, 0.25) is 15.9 Å². The molecule has 7 nitrogen and oxygen atoms in total. The van der Waals surface area contributed by atoms with Crippen molar-refractivity contribution in [2.45, 2.75) is 43.5 Å². The van der Waals surface area contributed by atoms with Crippen molar-refractivity contribution in [3.8, 4) is 11.8 Å². The minimum atomic E-state index is -3.78. The van der Waals surface area contributed by atoms with Crippen molar-refractivity contribution < 1.29 is 17.9 Å². The average Bonchev–Trinajstić information content (AvgIpc) is 3.70. The van der Waals surface area contributed by atoms with Crippen LogP contribution < -0.4 is 9.64 Å². The molecule has 8 heteroatoms. The number of sulfonamides is 1. The second-order valence-electron chi connectivity index (χ2n) is 8.77. The summed E-state index contributed by atoms with van der Waals surface area (Å²) in [6, 6.07) is 15.8. The van der Waals surface area contributed by atoms with Crippen LogP contribution in [0.3, 0.4) is 0 Å². The first-order chi connectivity index (χ1) is 15.9. The molecule has 174 valence electrons. The molecule has 1 saturated carbocycles. The van der Waals surface area contributed by atoms with E-state index >= 15 is 0 Å². The van der Waals surface area contributed by atoms with Crippen LogP contribution in [-0.4, -0.2) is 44.9 Å². The molecule has 0 spiro atoms. The number of methoxy groups -OCH3 is 1. The molecule has 4 rings (SSSR count). The van der Waals surface area contributed by atoms with Crippen molar-refractivity contribution in [2.24, 2.45) is 11.8 Å². The zero-order valence-electron chi connectivity index (χ0n) is 19.0. The summed E-state index contributed by atoms with van der Waals surface area (Å²) in [5.74, 6) is 1.04. The largest absolute Gasteiger partial charge is 0.497 e. The maximum atomic E-state index is 13.6. The Morgan fingerprint density at radius 2 is 1.73 bits per heavy atom. The molecule has 2 aliphatic rings. The Bertz CT molecular complexity index is 1140. The maximum absolute atomic E-state index is 13.6. The van der Waals surface area contributed by atoms with Crippen LogP contribution in [0.25, 0.3) is 0 Å². The van der Waals surface area contributed by atoms with Gasteiger partial charge in [-0.05, 0) is 74.9 Å². The summed E-state index contributed by atoms with van der Waals surface area (Å²) >= 11 is 0. The third-order valence-electron chi connectivity index (χ3n) is 6.73. The molecule has 0 radical (unpaired) electrons. The summed E-state index contributed by atoms with van der Waals surface area (Å²) < 4.78 is 32.9. The minimum Gasteiger partial charge on any atom is -0.497 e. The smallest absolute Gasteiger partial charge is 0.244 e. The number of carbonyl (C=O) groups excluding carboxylic acids is 1. The van der Waals surface area contributed by atoms with Crippen LogP contribution in [0.15, 0.2) is 53.4 Å². The van der Waals surface area contributed by atoms with E-state index in [2.05, 4.69) is 6.92 Å². The van der Waals surface area contributed by atoms with E-state index < -0.39 is 10.0 Å². The highest BCUT2D eigenvalue weighted by molar-refractivity contribution is 7.89. The van der Waals surface area contributed by atoms with Crippen LogP contribution in [0.1, 0.15) is 38.2 Å². The monoisotopic (exact) mass is 467 g/mol. The average molecular weight is 468 g/mol. The number of ether oxygens (including phenoxy) is 1. The fourth-order valence-electron chi connectivity index (χ4n) is 4.56. The van der Waals surface area contributed by atoms with Crippen molar-refractivity contribution in [2.75, 3.05) is 25.1 Å². The number of hydrogen-bond acceptors (Lipinski definition) is 5. The SMILES string of the molecule is COc1ccc(N(C(=O)C2CCN(S(=O)(=O)c3ccccc3C#N)CC2)C(C)C2CC2)cc1. The Morgan fingerprint density at radius 1 is 1.09 bits per heavy atom. The fraction of sp³-hybridized carbons (Fsp3) is 0.440. The molecule has 2 fully saturated rings. The molecule has 1 aliphatic carbocycles. The van der Waals surface area contributed by atoms with Crippen LogP contribution in [-0.2, 0) is 14.8 Å². The lowest BCUT2D eigenvalue weighted by atomic mass is 9.95. The van der Waals surface area contributed by atoms with Crippen molar-refractivity contribution in [1.29, 1.82) is 5.26 Å². The lowest BCUT2D eigenvalue weighted by Crippen LogP contribution is -2.47. The lowest BCUT2D eigenvalue weighted by Gasteiger charge is -2.36. The molecule has 1 aliphatic heterocycles. The number of anilines is 1. The van der Waals surface area contributed by atoms with Gasteiger partial charge in [0, 0.05) is 30.7 Å². The molecule has 0 aromatic heterocycles. The zero-order chi connectivity index (χ0) is 23.6. The number of amides is 1. The quantitative estimate of drug-likeness (QED) is 0.618.